The van der Waals surface area contributed by atoms with Crippen LogP contribution in [0.5, 0.6) is 0 Å². The number of carbonyl (C=O) groups excluding carboxylic acids is 2. The molecule has 4 atom stereocenters. The molecule has 5 rings (SSSR count). The molecule has 174 valence electrons. The van der Waals surface area contributed by atoms with E-state index in [4.69, 9.17) is 4.74 Å². The molecule has 1 aromatic heterocycles. The van der Waals surface area contributed by atoms with Gasteiger partial charge in [-0.05, 0) is 37.3 Å². The van der Waals surface area contributed by atoms with Crippen molar-refractivity contribution in [3.63, 3.8) is 0 Å². The minimum Gasteiger partial charge on any atom is -0.379 e. The van der Waals surface area contributed by atoms with Gasteiger partial charge in [-0.2, -0.15) is 0 Å². The molecule has 10 heteroatoms. The van der Waals surface area contributed by atoms with Gasteiger partial charge in [-0.1, -0.05) is 18.9 Å². The fourth-order valence-corrected chi connectivity index (χ4v) is 5.38. The van der Waals surface area contributed by atoms with Gasteiger partial charge in [0.15, 0.2) is 0 Å². The molecule has 0 radical (unpaired) electrons. The molecule has 1 aromatic carbocycles. The third kappa shape index (κ3) is 3.82. The maximum absolute atomic E-state index is 13.8. The monoisotopic (exact) mass is 460 g/mol. The maximum Gasteiger partial charge on any atom is 0.342 e. The van der Waals surface area contributed by atoms with Crippen LogP contribution in [0.2, 0.25) is 0 Å². The molecule has 1 amide bonds. The second-order valence-corrected chi connectivity index (χ2v) is 9.05. The second-order valence-electron chi connectivity index (χ2n) is 9.05. The van der Waals surface area contributed by atoms with Crippen LogP contribution in [0.3, 0.4) is 0 Å². The lowest BCUT2D eigenvalue weighted by atomic mass is 9.71. The van der Waals surface area contributed by atoms with Crippen LogP contribution in [0, 0.1) is 28.4 Å². The van der Waals surface area contributed by atoms with E-state index < -0.39 is 29.2 Å². The molecular weight excluding hydrogens is 436 g/mol. The quantitative estimate of drug-likeness (QED) is 0.541. The van der Waals surface area contributed by atoms with E-state index in [0.717, 1.165) is 31.7 Å². The Bertz CT molecular complexity index is 1200. The van der Waals surface area contributed by atoms with Crippen LogP contribution >= 0.6 is 0 Å². The number of ketones is 1. The van der Waals surface area contributed by atoms with E-state index in [0.29, 0.717) is 24.0 Å². The minimum absolute atomic E-state index is 0.0359. The van der Waals surface area contributed by atoms with E-state index in [1.165, 1.54) is 12.1 Å². The number of benzene rings is 1. The first-order valence-corrected chi connectivity index (χ1v) is 11.2. The molecular formula is C23H24F2N3O5+. The van der Waals surface area contributed by atoms with Gasteiger partial charge >= 0.3 is 5.69 Å². The van der Waals surface area contributed by atoms with E-state index in [1.807, 2.05) is 0 Å². The zero-order valence-corrected chi connectivity index (χ0v) is 17.8. The van der Waals surface area contributed by atoms with Crippen molar-refractivity contribution in [1.29, 1.82) is 0 Å². The Morgan fingerprint density at radius 2 is 2.00 bits per heavy atom. The third-order valence-electron chi connectivity index (χ3n) is 7.07. The molecule has 2 aliphatic carbocycles. The Morgan fingerprint density at radius 1 is 1.21 bits per heavy atom. The van der Waals surface area contributed by atoms with Gasteiger partial charge in [-0.25, -0.2) is 8.78 Å². The van der Waals surface area contributed by atoms with Crippen LogP contribution in [-0.2, 0) is 17.7 Å². The van der Waals surface area contributed by atoms with Gasteiger partial charge in [0.25, 0.3) is 5.91 Å². The number of halogens is 2. The molecule has 1 saturated carbocycles. The highest BCUT2D eigenvalue weighted by atomic mass is 19.1. The molecule has 2 fully saturated rings. The number of rotatable bonds is 3. The number of hydrogen-bond acceptors (Lipinski definition) is 5. The van der Waals surface area contributed by atoms with Gasteiger partial charge in [0.1, 0.15) is 11.6 Å². The molecule has 2 N–H and O–H groups in total. The summed E-state index contributed by atoms with van der Waals surface area (Å²) in [5.74, 6) is -2.96. The lowest BCUT2D eigenvalue weighted by Gasteiger charge is -2.44. The van der Waals surface area contributed by atoms with E-state index in [9.17, 15) is 28.5 Å². The highest BCUT2D eigenvalue weighted by Crippen LogP contribution is 2.42. The number of Topliss-reactive ketones (excluding diaryl/α,β-unsaturated/α-hetero) is 1. The fraction of sp³-hybridized carbons (Fsp3) is 0.478. The lowest BCUT2D eigenvalue weighted by Crippen LogP contribution is -2.53. The molecule has 3 aliphatic rings. The summed E-state index contributed by atoms with van der Waals surface area (Å²) in [6, 6.07) is 4.24. The Labute approximate surface area is 187 Å². The van der Waals surface area contributed by atoms with Crippen molar-refractivity contribution in [2.75, 3.05) is 0 Å². The average Bonchev–Trinajstić information content (AvgIpc) is 2.79. The highest BCUT2D eigenvalue weighted by molar-refractivity contribution is 5.99. The van der Waals surface area contributed by atoms with Crippen LogP contribution in [0.15, 0.2) is 24.3 Å². The number of hydrogen-bond donors (Lipinski definition) is 2. The fourth-order valence-electron chi connectivity index (χ4n) is 5.38. The van der Waals surface area contributed by atoms with Crippen LogP contribution in [-0.4, -0.2) is 34.0 Å². The van der Waals surface area contributed by atoms with Gasteiger partial charge < -0.3 is 15.3 Å². The topological polar surface area (TPSA) is 104 Å². The first-order valence-electron chi connectivity index (χ1n) is 11.2. The van der Waals surface area contributed by atoms with E-state index >= 15 is 0 Å². The molecule has 8 nitrogen and oxygen atoms in total. The molecule has 33 heavy (non-hydrogen) atoms. The first-order chi connectivity index (χ1) is 15.8. The molecule has 1 saturated heterocycles. The Kier molecular flexibility index (Phi) is 5.48. The first kappa shape index (κ1) is 21.7. The largest absolute Gasteiger partial charge is 0.379 e. The van der Waals surface area contributed by atoms with E-state index in [-0.39, 0.29) is 51.6 Å². The average molecular weight is 460 g/mol. The smallest absolute Gasteiger partial charge is 0.342 e. The SMILES string of the molecule is O=C(NCc1ccc(F)cc1F)c1cc2c([n+](=O)n1O)C(=O)C1C[C@H]3CCCC[C@@H]3O[C@@H]1C2. The molecule has 1 unspecified atom stereocenters. The van der Waals surface area contributed by atoms with Crippen molar-refractivity contribution in [3.8, 4) is 0 Å². The lowest BCUT2D eigenvalue weighted by molar-refractivity contribution is -0.640. The molecule has 2 aromatic rings. The van der Waals surface area contributed by atoms with Gasteiger partial charge in [0.05, 0.1) is 27.9 Å². The van der Waals surface area contributed by atoms with Crippen molar-refractivity contribution < 1.29 is 32.9 Å². The Hall–Kier alpha value is -3.14. The minimum atomic E-state index is -0.847. The summed E-state index contributed by atoms with van der Waals surface area (Å²) < 4.78 is 33.2. The molecule has 0 bridgehead atoms. The summed E-state index contributed by atoms with van der Waals surface area (Å²) in [6.07, 6.45) is 4.82. The zero-order valence-electron chi connectivity index (χ0n) is 17.8. The standard InChI is InChI=1S/C23H23F2N3O5/c24-15-6-5-13(17(25)10-15)11-26-23(30)18-8-14-9-20-16(22(29)21(14)28(32)27(18)31)7-12-3-1-2-4-19(12)33-20/h5-6,8,10,12,16,19-20,31H,1-4,7,9,11H2/p+1/t12-,16?,19+,20-/m1/s1. The highest BCUT2D eigenvalue weighted by Gasteiger charge is 2.50. The van der Waals surface area contributed by atoms with Gasteiger partial charge in [-0.3, -0.25) is 9.59 Å². The predicted octanol–water partition coefficient (Wildman–Crippen LogP) is 2.55. The molecule has 0 spiro atoms. The molecule has 2 heterocycles. The van der Waals surface area contributed by atoms with Crippen molar-refractivity contribution in [3.05, 3.63) is 63.3 Å². The Morgan fingerprint density at radius 3 is 2.79 bits per heavy atom. The van der Waals surface area contributed by atoms with Crippen molar-refractivity contribution >= 4 is 11.7 Å². The summed E-state index contributed by atoms with van der Waals surface area (Å²) >= 11 is 0. The second kappa shape index (κ2) is 8.33. The number of nitrogens with one attached hydrogen (secondary N) is 1. The maximum atomic E-state index is 13.8. The summed E-state index contributed by atoms with van der Waals surface area (Å²) in [7, 11) is 0. The van der Waals surface area contributed by atoms with E-state index in [1.54, 1.807) is 0 Å². The normalized spacial score (nSPS) is 26.2. The number of aromatic nitrogens is 2. The van der Waals surface area contributed by atoms with Crippen LogP contribution in [0.25, 0.3) is 0 Å². The van der Waals surface area contributed by atoms with Crippen LogP contribution < -0.4 is 9.86 Å². The van der Waals surface area contributed by atoms with Crippen LogP contribution in [0.1, 0.15) is 64.2 Å². The summed E-state index contributed by atoms with van der Waals surface area (Å²) in [5.41, 5.74) is -0.214. The summed E-state index contributed by atoms with van der Waals surface area (Å²) in [6.45, 7) is -0.281. The number of amides is 1. The van der Waals surface area contributed by atoms with Gasteiger partial charge in [0, 0.05) is 30.2 Å². The summed E-state index contributed by atoms with van der Waals surface area (Å²) in [5, 5.41) is 12.7. The third-order valence-corrected chi connectivity index (χ3v) is 7.07. The van der Waals surface area contributed by atoms with Crippen LogP contribution in [0.4, 0.5) is 8.78 Å². The van der Waals surface area contributed by atoms with E-state index in [2.05, 4.69) is 5.32 Å². The molecule has 1 aliphatic heterocycles. The summed E-state index contributed by atoms with van der Waals surface area (Å²) in [4.78, 5) is 38.6. The van der Waals surface area contributed by atoms with Crippen molar-refractivity contribution in [2.24, 2.45) is 11.8 Å². The predicted molar refractivity (Wildman–Crippen MR) is 109 cm³/mol. The number of fused-ring (bicyclic) bond motifs is 3. The number of ether oxygens (including phenoxy) is 1. The van der Waals surface area contributed by atoms with Gasteiger partial charge in [-0.15, -0.1) is 0 Å². The van der Waals surface area contributed by atoms with Crippen molar-refractivity contribution in [2.45, 2.75) is 57.3 Å². The number of nitrogens with zero attached hydrogens (tertiary/aromatic N) is 2. The number of carbonyl (C=O) groups is 2. The van der Waals surface area contributed by atoms with Gasteiger partial charge in [0.2, 0.25) is 16.0 Å². The Balaban J connectivity index is 1.40. The van der Waals surface area contributed by atoms with Crippen molar-refractivity contribution in [1.82, 2.24) is 10.2 Å². The zero-order chi connectivity index (χ0) is 23.3.